The van der Waals surface area contributed by atoms with Gasteiger partial charge in [0.25, 0.3) is 0 Å². The molecule has 0 fully saturated rings. The third-order valence-corrected chi connectivity index (χ3v) is 4.73. The summed E-state index contributed by atoms with van der Waals surface area (Å²) in [6.07, 6.45) is 2.72. The Morgan fingerprint density at radius 3 is 2.52 bits per heavy atom. The van der Waals surface area contributed by atoms with E-state index in [2.05, 4.69) is 18.6 Å². The van der Waals surface area contributed by atoms with Crippen LogP contribution in [-0.2, 0) is 10.0 Å². The Balaban J connectivity index is 2.75. The second-order valence-corrected chi connectivity index (χ2v) is 7.31. The standard InChI is InChI=1S/C15H21FN2O2S/c1-11(2)5-4-6-12(3)18-21(19,20)14-7-8-15(16)13(9-14)10-17/h7-9,11-12,18H,4-6H2,1-3H3. The molecule has 0 aromatic heterocycles. The number of nitrogens with one attached hydrogen (secondary N) is 1. The van der Waals surface area contributed by atoms with E-state index in [-0.39, 0.29) is 16.5 Å². The van der Waals surface area contributed by atoms with Gasteiger partial charge in [0, 0.05) is 6.04 Å². The van der Waals surface area contributed by atoms with Crippen LogP contribution in [0.15, 0.2) is 23.1 Å². The maximum absolute atomic E-state index is 13.2. The zero-order valence-corrected chi connectivity index (χ0v) is 13.4. The lowest BCUT2D eigenvalue weighted by atomic mass is 10.0. The Morgan fingerprint density at radius 2 is 1.95 bits per heavy atom. The van der Waals surface area contributed by atoms with E-state index in [1.807, 2.05) is 0 Å². The summed E-state index contributed by atoms with van der Waals surface area (Å²) < 4.78 is 40.1. The highest BCUT2D eigenvalue weighted by Crippen LogP contribution is 2.16. The van der Waals surface area contributed by atoms with Gasteiger partial charge in [-0.05, 0) is 37.5 Å². The lowest BCUT2D eigenvalue weighted by molar-refractivity contribution is 0.488. The first kappa shape index (κ1) is 17.6. The SMILES string of the molecule is CC(C)CCCC(C)NS(=O)(=O)c1ccc(F)c(C#N)c1. The second kappa shape index (κ2) is 7.53. The molecule has 0 heterocycles. The Hall–Kier alpha value is -1.45. The largest absolute Gasteiger partial charge is 0.240 e. The molecule has 1 rings (SSSR count). The average Bonchev–Trinajstić information content (AvgIpc) is 2.37. The van der Waals surface area contributed by atoms with Crippen molar-refractivity contribution in [3.63, 3.8) is 0 Å². The van der Waals surface area contributed by atoms with Crippen molar-refractivity contribution in [1.82, 2.24) is 4.72 Å². The van der Waals surface area contributed by atoms with E-state index in [9.17, 15) is 12.8 Å². The van der Waals surface area contributed by atoms with Gasteiger partial charge in [-0.1, -0.05) is 26.7 Å². The summed E-state index contributed by atoms with van der Waals surface area (Å²) in [6.45, 7) is 6.04. The third-order valence-electron chi connectivity index (χ3n) is 3.14. The smallest absolute Gasteiger partial charge is 0.208 e. The fourth-order valence-electron chi connectivity index (χ4n) is 1.98. The van der Waals surface area contributed by atoms with Crippen molar-refractivity contribution in [2.24, 2.45) is 5.92 Å². The minimum absolute atomic E-state index is 0.0869. The van der Waals surface area contributed by atoms with Crippen LogP contribution >= 0.6 is 0 Å². The highest BCUT2D eigenvalue weighted by molar-refractivity contribution is 7.89. The van der Waals surface area contributed by atoms with E-state index < -0.39 is 15.8 Å². The molecule has 6 heteroatoms. The maximum atomic E-state index is 13.2. The van der Waals surface area contributed by atoms with Crippen molar-refractivity contribution < 1.29 is 12.8 Å². The molecular weight excluding hydrogens is 291 g/mol. The van der Waals surface area contributed by atoms with E-state index in [1.165, 1.54) is 6.07 Å². The van der Waals surface area contributed by atoms with Gasteiger partial charge in [-0.15, -0.1) is 0 Å². The Morgan fingerprint density at radius 1 is 1.29 bits per heavy atom. The molecule has 0 amide bonds. The number of benzene rings is 1. The Bertz CT molecular complexity index is 621. The minimum atomic E-state index is -3.73. The lowest BCUT2D eigenvalue weighted by Gasteiger charge is -2.15. The first-order valence-electron chi connectivity index (χ1n) is 6.98. The van der Waals surface area contributed by atoms with Crippen LogP contribution in [0.4, 0.5) is 4.39 Å². The van der Waals surface area contributed by atoms with Gasteiger partial charge in [0.1, 0.15) is 11.9 Å². The van der Waals surface area contributed by atoms with E-state index in [1.54, 1.807) is 13.0 Å². The molecule has 21 heavy (non-hydrogen) atoms. The zero-order valence-electron chi connectivity index (χ0n) is 12.6. The summed E-state index contributed by atoms with van der Waals surface area (Å²) in [4.78, 5) is -0.0869. The molecule has 1 N–H and O–H groups in total. The molecule has 116 valence electrons. The van der Waals surface area contributed by atoms with Gasteiger partial charge in [-0.2, -0.15) is 5.26 Å². The van der Waals surface area contributed by atoms with Gasteiger partial charge in [0.2, 0.25) is 10.0 Å². The summed E-state index contributed by atoms with van der Waals surface area (Å²) in [5, 5.41) is 8.75. The fourth-order valence-corrected chi connectivity index (χ4v) is 3.29. The number of nitriles is 1. The molecule has 0 spiro atoms. The number of halogens is 1. The molecule has 0 aliphatic heterocycles. The molecule has 0 saturated heterocycles. The number of nitrogens with zero attached hydrogens (tertiary/aromatic N) is 1. The summed E-state index contributed by atoms with van der Waals surface area (Å²) >= 11 is 0. The van der Waals surface area contributed by atoms with Crippen molar-refractivity contribution in [2.75, 3.05) is 0 Å². The molecule has 0 saturated carbocycles. The monoisotopic (exact) mass is 312 g/mol. The number of rotatable bonds is 7. The Kier molecular flexibility index (Phi) is 6.31. The van der Waals surface area contributed by atoms with Crippen LogP contribution in [0.2, 0.25) is 0 Å². The van der Waals surface area contributed by atoms with Gasteiger partial charge < -0.3 is 0 Å². The van der Waals surface area contributed by atoms with Crippen molar-refractivity contribution in [2.45, 2.75) is 51.0 Å². The molecule has 0 radical (unpaired) electrons. The minimum Gasteiger partial charge on any atom is -0.208 e. The summed E-state index contributed by atoms with van der Waals surface area (Å²) in [5.74, 6) is -0.134. The second-order valence-electron chi connectivity index (χ2n) is 5.60. The van der Waals surface area contributed by atoms with Crippen molar-refractivity contribution in [1.29, 1.82) is 5.26 Å². The third kappa shape index (κ3) is 5.44. The van der Waals surface area contributed by atoms with Gasteiger partial charge in [0.15, 0.2) is 0 Å². The highest BCUT2D eigenvalue weighted by atomic mass is 32.2. The fraction of sp³-hybridized carbons (Fsp3) is 0.533. The van der Waals surface area contributed by atoms with Gasteiger partial charge in [-0.25, -0.2) is 17.5 Å². The van der Waals surface area contributed by atoms with E-state index in [0.29, 0.717) is 5.92 Å². The van der Waals surface area contributed by atoms with Crippen LogP contribution in [0, 0.1) is 23.1 Å². The van der Waals surface area contributed by atoms with Crippen molar-refractivity contribution in [3.8, 4) is 6.07 Å². The van der Waals surface area contributed by atoms with Crippen molar-refractivity contribution >= 4 is 10.0 Å². The summed E-state index contributed by atoms with van der Waals surface area (Å²) in [7, 11) is -3.73. The molecular formula is C15H21FN2O2S. The van der Waals surface area contributed by atoms with Crippen molar-refractivity contribution in [3.05, 3.63) is 29.6 Å². The van der Waals surface area contributed by atoms with E-state index >= 15 is 0 Å². The lowest BCUT2D eigenvalue weighted by Crippen LogP contribution is -2.32. The van der Waals surface area contributed by atoms with E-state index in [0.717, 1.165) is 31.4 Å². The molecule has 0 bridgehead atoms. The first-order chi connectivity index (χ1) is 9.76. The first-order valence-corrected chi connectivity index (χ1v) is 8.46. The molecule has 1 atom stereocenters. The van der Waals surface area contributed by atoms with Gasteiger partial charge in [-0.3, -0.25) is 0 Å². The van der Waals surface area contributed by atoms with Gasteiger partial charge >= 0.3 is 0 Å². The Labute approximate surface area is 126 Å². The number of sulfonamides is 1. The van der Waals surface area contributed by atoms with Crippen LogP contribution < -0.4 is 4.72 Å². The van der Waals surface area contributed by atoms with Crippen LogP contribution in [0.25, 0.3) is 0 Å². The molecule has 0 aliphatic carbocycles. The molecule has 1 aromatic carbocycles. The summed E-state index contributed by atoms with van der Waals surface area (Å²) in [6, 6.07) is 4.65. The zero-order chi connectivity index (χ0) is 16.0. The molecule has 0 aliphatic rings. The molecule has 1 unspecified atom stereocenters. The topological polar surface area (TPSA) is 70.0 Å². The number of hydrogen-bond acceptors (Lipinski definition) is 3. The maximum Gasteiger partial charge on any atom is 0.240 e. The molecule has 1 aromatic rings. The van der Waals surface area contributed by atoms with Crippen LogP contribution in [-0.4, -0.2) is 14.5 Å². The normalized spacial score (nSPS) is 13.1. The van der Waals surface area contributed by atoms with Crippen LogP contribution in [0.3, 0.4) is 0 Å². The van der Waals surface area contributed by atoms with Crippen LogP contribution in [0.1, 0.15) is 45.6 Å². The predicted molar refractivity (Wildman–Crippen MR) is 79.6 cm³/mol. The van der Waals surface area contributed by atoms with E-state index in [4.69, 9.17) is 5.26 Å². The summed E-state index contributed by atoms with van der Waals surface area (Å²) in [5.41, 5.74) is -0.273. The average molecular weight is 312 g/mol. The quantitative estimate of drug-likeness (QED) is 0.840. The predicted octanol–water partition coefficient (Wildman–Crippen LogP) is 3.19. The van der Waals surface area contributed by atoms with Gasteiger partial charge in [0.05, 0.1) is 10.5 Å². The number of hydrogen-bond donors (Lipinski definition) is 1. The highest BCUT2D eigenvalue weighted by Gasteiger charge is 2.18. The molecule has 4 nitrogen and oxygen atoms in total. The van der Waals surface area contributed by atoms with Crippen LogP contribution in [0.5, 0.6) is 0 Å².